The molecule has 0 radical (unpaired) electrons. The minimum atomic E-state index is -0.680. The molecule has 0 fully saturated rings. The monoisotopic (exact) mass is 247 g/mol. The number of nitrogens with zero attached hydrogens (tertiary/aromatic N) is 2. The molecule has 0 aliphatic rings. The molecule has 5 heteroatoms. The number of aromatic hydroxyl groups is 1. The Hall–Kier alpha value is -2.17. The number of halogens is 1. The van der Waals surface area contributed by atoms with E-state index in [-0.39, 0.29) is 5.75 Å². The van der Waals surface area contributed by atoms with Gasteiger partial charge in [0.15, 0.2) is 17.4 Å². The number of rotatable bonds is 2. The molecule has 18 heavy (non-hydrogen) atoms. The van der Waals surface area contributed by atoms with Gasteiger partial charge in [0, 0.05) is 23.9 Å². The summed E-state index contributed by atoms with van der Waals surface area (Å²) in [6, 6.07) is 4.10. The van der Waals surface area contributed by atoms with Crippen LogP contribution in [0.15, 0.2) is 18.2 Å². The van der Waals surface area contributed by atoms with Crippen molar-refractivity contribution >= 4 is 5.82 Å². The van der Waals surface area contributed by atoms with E-state index in [1.807, 2.05) is 13.8 Å². The van der Waals surface area contributed by atoms with Gasteiger partial charge >= 0.3 is 0 Å². The Balaban J connectivity index is 2.57. The first-order valence-electron chi connectivity index (χ1n) is 5.55. The van der Waals surface area contributed by atoms with Crippen molar-refractivity contribution in [2.45, 2.75) is 13.8 Å². The molecule has 0 saturated heterocycles. The van der Waals surface area contributed by atoms with Crippen molar-refractivity contribution in [3.63, 3.8) is 0 Å². The van der Waals surface area contributed by atoms with Gasteiger partial charge in [-0.05, 0) is 32.0 Å². The van der Waals surface area contributed by atoms with E-state index in [0.29, 0.717) is 17.2 Å². The van der Waals surface area contributed by atoms with Crippen LogP contribution >= 0.6 is 0 Å². The second-order valence-electron chi connectivity index (χ2n) is 4.02. The molecule has 0 amide bonds. The first-order valence-corrected chi connectivity index (χ1v) is 5.55. The fourth-order valence-corrected chi connectivity index (χ4v) is 1.65. The molecule has 1 heterocycles. The Kier molecular flexibility index (Phi) is 3.14. The summed E-state index contributed by atoms with van der Waals surface area (Å²) in [5, 5.41) is 12.1. The van der Waals surface area contributed by atoms with Gasteiger partial charge in [-0.3, -0.25) is 0 Å². The highest BCUT2D eigenvalue weighted by Crippen LogP contribution is 2.25. The molecule has 0 spiro atoms. The predicted octanol–water partition coefficient (Wildman–Crippen LogP) is 2.65. The number of aryl methyl sites for hydroxylation is 1. The molecule has 0 aliphatic heterocycles. The minimum absolute atomic E-state index is 0.378. The van der Waals surface area contributed by atoms with Gasteiger partial charge in [0.2, 0.25) is 0 Å². The molecule has 1 aromatic heterocycles. The molecule has 2 N–H and O–H groups in total. The smallest absolute Gasteiger partial charge is 0.165 e. The van der Waals surface area contributed by atoms with Gasteiger partial charge in [-0.1, -0.05) is 0 Å². The maximum Gasteiger partial charge on any atom is 0.165 e. The number of aromatic nitrogens is 2. The third kappa shape index (κ3) is 2.11. The molecule has 0 unspecified atom stereocenters. The van der Waals surface area contributed by atoms with Crippen molar-refractivity contribution in [2.75, 3.05) is 12.4 Å². The van der Waals surface area contributed by atoms with Crippen LogP contribution in [0.2, 0.25) is 0 Å². The summed E-state index contributed by atoms with van der Waals surface area (Å²) in [4.78, 5) is 8.65. The zero-order chi connectivity index (χ0) is 13.3. The molecule has 4 nitrogen and oxygen atoms in total. The molecular weight excluding hydrogens is 233 g/mol. The number of nitrogens with one attached hydrogen (secondary N) is 1. The van der Waals surface area contributed by atoms with Crippen LogP contribution in [0.25, 0.3) is 11.4 Å². The van der Waals surface area contributed by atoms with Gasteiger partial charge in [-0.2, -0.15) is 0 Å². The van der Waals surface area contributed by atoms with Gasteiger partial charge in [0.25, 0.3) is 0 Å². The lowest BCUT2D eigenvalue weighted by atomic mass is 10.1. The number of hydrogen-bond donors (Lipinski definition) is 2. The van der Waals surface area contributed by atoms with E-state index in [1.54, 1.807) is 13.1 Å². The molecule has 2 aromatic rings. The molecule has 0 bridgehead atoms. The van der Waals surface area contributed by atoms with E-state index in [2.05, 4.69) is 15.3 Å². The fraction of sp³-hybridized carbons (Fsp3) is 0.231. The van der Waals surface area contributed by atoms with Gasteiger partial charge in [0.05, 0.1) is 0 Å². The second-order valence-corrected chi connectivity index (χ2v) is 4.02. The number of hydrogen-bond acceptors (Lipinski definition) is 4. The molecule has 0 aliphatic carbocycles. The summed E-state index contributed by atoms with van der Waals surface area (Å²) in [5.74, 6) is 0.0871. The largest absolute Gasteiger partial charge is 0.505 e. The van der Waals surface area contributed by atoms with Crippen LogP contribution in [-0.2, 0) is 0 Å². The van der Waals surface area contributed by atoms with Crippen molar-refractivity contribution in [3.05, 3.63) is 35.3 Å². The highest BCUT2D eigenvalue weighted by molar-refractivity contribution is 5.60. The molecule has 2 rings (SSSR count). The van der Waals surface area contributed by atoms with Crippen molar-refractivity contribution in [1.82, 2.24) is 9.97 Å². The summed E-state index contributed by atoms with van der Waals surface area (Å²) in [6.07, 6.45) is 0. The Bertz CT molecular complexity index is 599. The van der Waals surface area contributed by atoms with Crippen molar-refractivity contribution in [1.29, 1.82) is 0 Å². The first-order chi connectivity index (χ1) is 8.52. The van der Waals surface area contributed by atoms with E-state index in [1.165, 1.54) is 12.1 Å². The van der Waals surface area contributed by atoms with E-state index in [0.717, 1.165) is 11.3 Å². The summed E-state index contributed by atoms with van der Waals surface area (Å²) in [7, 11) is 1.77. The lowest BCUT2D eigenvalue weighted by Gasteiger charge is -2.10. The quantitative estimate of drug-likeness (QED) is 0.856. The van der Waals surface area contributed by atoms with Crippen LogP contribution in [0, 0.1) is 19.7 Å². The fourth-order valence-electron chi connectivity index (χ4n) is 1.65. The lowest BCUT2D eigenvalue weighted by Crippen LogP contribution is -2.02. The summed E-state index contributed by atoms with van der Waals surface area (Å²) < 4.78 is 13.3. The van der Waals surface area contributed by atoms with Crippen molar-refractivity contribution in [2.24, 2.45) is 0 Å². The molecule has 0 atom stereocenters. The molecule has 0 saturated carbocycles. The highest BCUT2D eigenvalue weighted by atomic mass is 19.1. The van der Waals surface area contributed by atoms with E-state index < -0.39 is 5.82 Å². The summed E-state index contributed by atoms with van der Waals surface area (Å²) in [6.45, 7) is 3.79. The number of phenols is 1. The topological polar surface area (TPSA) is 58.0 Å². The SMILES string of the molecule is CNc1nc(-c2ccc(O)c(F)c2)nc(C)c1C. The average Bonchev–Trinajstić information content (AvgIpc) is 2.36. The normalized spacial score (nSPS) is 10.4. The highest BCUT2D eigenvalue weighted by Gasteiger charge is 2.10. The van der Waals surface area contributed by atoms with Crippen molar-refractivity contribution < 1.29 is 9.50 Å². The van der Waals surface area contributed by atoms with E-state index in [9.17, 15) is 4.39 Å². The Morgan fingerprint density at radius 1 is 1.22 bits per heavy atom. The van der Waals surface area contributed by atoms with Crippen LogP contribution in [0.1, 0.15) is 11.3 Å². The van der Waals surface area contributed by atoms with Crippen LogP contribution < -0.4 is 5.32 Å². The van der Waals surface area contributed by atoms with E-state index >= 15 is 0 Å². The van der Waals surface area contributed by atoms with Gasteiger partial charge in [-0.15, -0.1) is 0 Å². The second kappa shape index (κ2) is 4.60. The maximum absolute atomic E-state index is 13.3. The van der Waals surface area contributed by atoms with Crippen LogP contribution in [-0.4, -0.2) is 22.1 Å². The molecule has 94 valence electrons. The van der Waals surface area contributed by atoms with E-state index in [4.69, 9.17) is 5.11 Å². The summed E-state index contributed by atoms with van der Waals surface area (Å²) in [5.41, 5.74) is 2.32. The van der Waals surface area contributed by atoms with Crippen LogP contribution in [0.5, 0.6) is 5.75 Å². The average molecular weight is 247 g/mol. The number of anilines is 1. The molecule has 1 aromatic carbocycles. The first kappa shape index (κ1) is 12.3. The zero-order valence-electron chi connectivity index (χ0n) is 10.5. The number of benzene rings is 1. The lowest BCUT2D eigenvalue weighted by molar-refractivity contribution is 0.432. The third-order valence-corrected chi connectivity index (χ3v) is 2.83. The van der Waals surface area contributed by atoms with Gasteiger partial charge in [-0.25, -0.2) is 14.4 Å². The van der Waals surface area contributed by atoms with Crippen molar-refractivity contribution in [3.8, 4) is 17.1 Å². The van der Waals surface area contributed by atoms with Gasteiger partial charge < -0.3 is 10.4 Å². The zero-order valence-corrected chi connectivity index (χ0v) is 10.5. The standard InChI is InChI=1S/C13H14FN3O/c1-7-8(2)16-13(17-12(7)15-3)9-4-5-11(18)10(14)6-9/h4-6,18H,1-3H3,(H,15,16,17). The van der Waals surface area contributed by atoms with Gasteiger partial charge in [0.1, 0.15) is 5.82 Å². The summed E-state index contributed by atoms with van der Waals surface area (Å²) >= 11 is 0. The Morgan fingerprint density at radius 2 is 1.94 bits per heavy atom. The number of phenolic OH excluding ortho intramolecular Hbond substituents is 1. The maximum atomic E-state index is 13.3. The minimum Gasteiger partial charge on any atom is -0.505 e. The molecular formula is C13H14FN3O. The third-order valence-electron chi connectivity index (χ3n) is 2.83. The van der Waals surface area contributed by atoms with Crippen LogP contribution in [0.4, 0.5) is 10.2 Å². The Morgan fingerprint density at radius 3 is 2.56 bits per heavy atom. The Labute approximate surface area is 105 Å². The predicted molar refractivity (Wildman–Crippen MR) is 68.1 cm³/mol. The van der Waals surface area contributed by atoms with Crippen LogP contribution in [0.3, 0.4) is 0 Å².